The zero-order valence-electron chi connectivity index (χ0n) is 12.4. The molecular formula is C18H21NO2. The van der Waals surface area contributed by atoms with Crippen LogP contribution in [0.15, 0.2) is 54.6 Å². The van der Waals surface area contributed by atoms with Crippen LogP contribution in [0.3, 0.4) is 0 Å². The molecule has 21 heavy (non-hydrogen) atoms. The standard InChI is InChI=1S/C18H21NO2/c1-14-8-10-16(11-9-14)12-15(2)19-18(21,13-20)17-6-4-3-5-7-17/h3-11,13,15,19,21H,12H2,1-2H3/t15-,18+/m1/s1. The van der Waals surface area contributed by atoms with Crippen molar-refractivity contribution in [2.75, 3.05) is 0 Å². The molecule has 0 heterocycles. The average Bonchev–Trinajstić information content (AvgIpc) is 2.50. The van der Waals surface area contributed by atoms with Gasteiger partial charge in [-0.3, -0.25) is 10.1 Å². The molecule has 0 aromatic heterocycles. The van der Waals surface area contributed by atoms with Crippen molar-refractivity contribution < 1.29 is 9.90 Å². The Morgan fingerprint density at radius 1 is 1.14 bits per heavy atom. The number of aryl methyl sites for hydroxylation is 1. The molecule has 2 atom stereocenters. The molecule has 3 nitrogen and oxygen atoms in total. The van der Waals surface area contributed by atoms with Crippen molar-refractivity contribution in [1.29, 1.82) is 0 Å². The fraction of sp³-hybridized carbons (Fsp3) is 0.278. The first-order chi connectivity index (χ1) is 10.0. The second kappa shape index (κ2) is 6.66. The molecule has 0 aliphatic heterocycles. The highest BCUT2D eigenvalue weighted by Gasteiger charge is 2.29. The Balaban J connectivity index is 2.07. The molecule has 0 aliphatic rings. The largest absolute Gasteiger partial charge is 0.365 e. The maximum atomic E-state index is 11.3. The Morgan fingerprint density at radius 2 is 1.76 bits per heavy atom. The first-order valence-electron chi connectivity index (χ1n) is 7.11. The molecule has 2 aromatic carbocycles. The minimum atomic E-state index is -1.65. The summed E-state index contributed by atoms with van der Waals surface area (Å²) in [5.41, 5.74) is 1.29. The summed E-state index contributed by atoms with van der Waals surface area (Å²) in [6.07, 6.45) is 1.29. The predicted molar refractivity (Wildman–Crippen MR) is 83.9 cm³/mol. The van der Waals surface area contributed by atoms with Gasteiger partial charge in [0.1, 0.15) is 0 Å². The third-order valence-electron chi connectivity index (χ3n) is 3.51. The van der Waals surface area contributed by atoms with Crippen LogP contribution in [0.4, 0.5) is 0 Å². The third kappa shape index (κ3) is 4.00. The van der Waals surface area contributed by atoms with Crippen molar-refractivity contribution >= 4 is 6.29 Å². The van der Waals surface area contributed by atoms with E-state index >= 15 is 0 Å². The van der Waals surface area contributed by atoms with Gasteiger partial charge in [0.05, 0.1) is 0 Å². The normalized spacial score (nSPS) is 15.2. The van der Waals surface area contributed by atoms with Crippen molar-refractivity contribution in [2.24, 2.45) is 0 Å². The van der Waals surface area contributed by atoms with Crippen LogP contribution in [-0.2, 0) is 16.9 Å². The van der Waals surface area contributed by atoms with Gasteiger partial charge in [0.2, 0.25) is 0 Å². The lowest BCUT2D eigenvalue weighted by Gasteiger charge is -2.28. The van der Waals surface area contributed by atoms with E-state index in [0.29, 0.717) is 11.8 Å². The van der Waals surface area contributed by atoms with Crippen LogP contribution in [0.25, 0.3) is 0 Å². The molecule has 0 radical (unpaired) electrons. The topological polar surface area (TPSA) is 49.3 Å². The number of rotatable bonds is 6. The van der Waals surface area contributed by atoms with Crippen molar-refractivity contribution in [2.45, 2.75) is 32.0 Å². The van der Waals surface area contributed by atoms with E-state index < -0.39 is 5.72 Å². The molecule has 110 valence electrons. The lowest BCUT2D eigenvalue weighted by Crippen LogP contribution is -2.49. The van der Waals surface area contributed by atoms with E-state index in [1.54, 1.807) is 24.3 Å². The van der Waals surface area contributed by atoms with Crippen LogP contribution in [0.5, 0.6) is 0 Å². The molecule has 0 saturated heterocycles. The lowest BCUT2D eigenvalue weighted by molar-refractivity contribution is -0.129. The van der Waals surface area contributed by atoms with Gasteiger partial charge in [-0.1, -0.05) is 60.2 Å². The Labute approximate surface area is 125 Å². The van der Waals surface area contributed by atoms with Crippen LogP contribution in [-0.4, -0.2) is 17.4 Å². The Kier molecular flexibility index (Phi) is 4.89. The van der Waals surface area contributed by atoms with Gasteiger partial charge in [-0.2, -0.15) is 0 Å². The quantitative estimate of drug-likeness (QED) is 0.633. The van der Waals surface area contributed by atoms with Crippen LogP contribution >= 0.6 is 0 Å². The number of hydrogen-bond donors (Lipinski definition) is 2. The van der Waals surface area contributed by atoms with E-state index in [-0.39, 0.29) is 6.04 Å². The second-order valence-electron chi connectivity index (χ2n) is 5.49. The van der Waals surface area contributed by atoms with Crippen molar-refractivity contribution in [3.05, 3.63) is 71.3 Å². The molecule has 0 spiro atoms. The zero-order chi connectivity index (χ0) is 15.3. The van der Waals surface area contributed by atoms with Gasteiger partial charge in [0.15, 0.2) is 12.0 Å². The minimum absolute atomic E-state index is 0.0388. The summed E-state index contributed by atoms with van der Waals surface area (Å²) in [5, 5.41) is 13.5. The number of nitrogens with one attached hydrogen (secondary N) is 1. The van der Waals surface area contributed by atoms with Crippen molar-refractivity contribution in [1.82, 2.24) is 5.32 Å². The summed E-state index contributed by atoms with van der Waals surface area (Å²) in [4.78, 5) is 11.3. The molecule has 0 unspecified atom stereocenters. The molecule has 0 fully saturated rings. The highest BCUT2D eigenvalue weighted by molar-refractivity contribution is 5.65. The highest BCUT2D eigenvalue weighted by Crippen LogP contribution is 2.17. The monoisotopic (exact) mass is 283 g/mol. The van der Waals surface area contributed by atoms with Gasteiger partial charge < -0.3 is 5.11 Å². The fourth-order valence-corrected chi connectivity index (χ4v) is 2.38. The number of aliphatic hydroxyl groups is 1. The van der Waals surface area contributed by atoms with E-state index in [1.807, 2.05) is 19.9 Å². The van der Waals surface area contributed by atoms with E-state index in [1.165, 1.54) is 11.1 Å². The number of hydrogen-bond acceptors (Lipinski definition) is 3. The summed E-state index contributed by atoms with van der Waals surface area (Å²) in [5.74, 6) is 0. The Hall–Kier alpha value is -1.97. The van der Waals surface area contributed by atoms with Gasteiger partial charge in [-0.15, -0.1) is 0 Å². The molecule has 2 N–H and O–H groups in total. The molecule has 0 bridgehead atoms. The van der Waals surface area contributed by atoms with E-state index in [9.17, 15) is 9.90 Å². The highest BCUT2D eigenvalue weighted by atomic mass is 16.3. The molecule has 2 rings (SSSR count). The van der Waals surface area contributed by atoms with Gasteiger partial charge in [-0.25, -0.2) is 0 Å². The van der Waals surface area contributed by atoms with Crippen LogP contribution in [0, 0.1) is 6.92 Å². The lowest BCUT2D eigenvalue weighted by atomic mass is 10.0. The van der Waals surface area contributed by atoms with Gasteiger partial charge in [-0.05, 0) is 25.8 Å². The average molecular weight is 283 g/mol. The van der Waals surface area contributed by atoms with Crippen molar-refractivity contribution in [3.63, 3.8) is 0 Å². The first-order valence-corrected chi connectivity index (χ1v) is 7.11. The summed E-state index contributed by atoms with van der Waals surface area (Å²) in [6.45, 7) is 4.00. The number of carbonyl (C=O) groups is 1. The Morgan fingerprint density at radius 3 is 2.33 bits per heavy atom. The third-order valence-corrected chi connectivity index (χ3v) is 3.51. The van der Waals surface area contributed by atoms with Crippen LogP contribution in [0.1, 0.15) is 23.6 Å². The van der Waals surface area contributed by atoms with Crippen molar-refractivity contribution in [3.8, 4) is 0 Å². The molecule has 0 amide bonds. The van der Waals surface area contributed by atoms with Crippen LogP contribution in [0.2, 0.25) is 0 Å². The second-order valence-corrected chi connectivity index (χ2v) is 5.49. The van der Waals surface area contributed by atoms with E-state index in [2.05, 4.69) is 29.6 Å². The number of aldehydes is 1. The fourth-order valence-electron chi connectivity index (χ4n) is 2.38. The SMILES string of the molecule is Cc1ccc(C[C@@H](C)N[C@](O)(C=O)c2ccccc2)cc1. The predicted octanol–water partition coefficient (Wildman–Crippen LogP) is 2.56. The molecule has 2 aromatic rings. The summed E-state index contributed by atoms with van der Waals surface area (Å²) in [6, 6.07) is 17.1. The minimum Gasteiger partial charge on any atom is -0.365 e. The van der Waals surface area contributed by atoms with Gasteiger partial charge in [0.25, 0.3) is 0 Å². The van der Waals surface area contributed by atoms with E-state index in [0.717, 1.165) is 6.42 Å². The zero-order valence-corrected chi connectivity index (χ0v) is 12.4. The van der Waals surface area contributed by atoms with E-state index in [4.69, 9.17) is 0 Å². The maximum absolute atomic E-state index is 11.3. The molecule has 0 aliphatic carbocycles. The molecule has 0 saturated carbocycles. The molecular weight excluding hydrogens is 262 g/mol. The number of benzene rings is 2. The summed E-state index contributed by atoms with van der Waals surface area (Å²) >= 11 is 0. The maximum Gasteiger partial charge on any atom is 0.199 e. The van der Waals surface area contributed by atoms with Crippen LogP contribution < -0.4 is 5.32 Å². The summed E-state index contributed by atoms with van der Waals surface area (Å²) < 4.78 is 0. The summed E-state index contributed by atoms with van der Waals surface area (Å²) in [7, 11) is 0. The number of carbonyl (C=O) groups excluding carboxylic acids is 1. The van der Waals surface area contributed by atoms with Gasteiger partial charge in [0, 0.05) is 11.6 Å². The molecule has 3 heteroatoms. The Bertz CT molecular complexity index is 580. The first kappa shape index (κ1) is 15.4. The van der Waals surface area contributed by atoms with Gasteiger partial charge >= 0.3 is 0 Å². The smallest absolute Gasteiger partial charge is 0.199 e.